The molecule has 1 aliphatic heterocycles. The van der Waals surface area contributed by atoms with Crippen LogP contribution in [-0.4, -0.2) is 60.3 Å². The fraction of sp³-hybridized carbons (Fsp3) is 0.571. The average molecular weight is 421 g/mol. The second-order valence-electron chi connectivity index (χ2n) is 7.37. The number of nitrogens with one attached hydrogen (secondary N) is 3. The van der Waals surface area contributed by atoms with Gasteiger partial charge in [-0.2, -0.15) is 0 Å². The van der Waals surface area contributed by atoms with E-state index in [0.29, 0.717) is 37.9 Å². The lowest BCUT2D eigenvalue weighted by molar-refractivity contribution is -0.129. The van der Waals surface area contributed by atoms with E-state index in [9.17, 15) is 14.4 Å². The zero-order chi connectivity index (χ0) is 21.6. The van der Waals surface area contributed by atoms with E-state index in [-0.39, 0.29) is 18.9 Å². The normalized spacial score (nSPS) is 14.7. The van der Waals surface area contributed by atoms with E-state index in [2.05, 4.69) is 15.5 Å². The van der Waals surface area contributed by atoms with Crippen molar-refractivity contribution in [3.05, 3.63) is 30.3 Å². The molecule has 0 radical (unpaired) electrons. The Balaban J connectivity index is 1.79. The van der Waals surface area contributed by atoms with Gasteiger partial charge in [-0.05, 0) is 50.9 Å². The number of rotatable bonds is 12. The maximum Gasteiger partial charge on any atom is 0.407 e. The lowest BCUT2D eigenvalue weighted by Gasteiger charge is -2.19. The molecule has 1 fully saturated rings. The first-order chi connectivity index (χ1) is 14.6. The first-order valence-electron chi connectivity index (χ1n) is 10.5. The Labute approximate surface area is 177 Å². The van der Waals surface area contributed by atoms with Gasteiger partial charge in [0, 0.05) is 18.7 Å². The van der Waals surface area contributed by atoms with E-state index in [4.69, 9.17) is 9.94 Å². The van der Waals surface area contributed by atoms with Crippen LogP contribution in [0.25, 0.3) is 0 Å². The number of carbonyl (C=O) groups is 3. The van der Waals surface area contributed by atoms with Crippen LogP contribution in [0, 0.1) is 0 Å². The maximum absolute atomic E-state index is 12.7. The van der Waals surface area contributed by atoms with Crippen molar-refractivity contribution >= 4 is 23.6 Å². The number of carbonyl (C=O) groups excluding carboxylic acids is 3. The SMILES string of the molecule is O=C(CCCCCC(NC(=O)OCCN1CCCC1)C(=O)Nc1ccccc1)NO. The molecule has 2 rings (SSSR count). The monoisotopic (exact) mass is 420 g/mol. The molecular weight excluding hydrogens is 388 g/mol. The van der Waals surface area contributed by atoms with Gasteiger partial charge in [-0.1, -0.05) is 31.0 Å². The summed E-state index contributed by atoms with van der Waals surface area (Å²) in [5.41, 5.74) is 2.25. The van der Waals surface area contributed by atoms with Crippen molar-refractivity contribution in [2.45, 2.75) is 51.0 Å². The highest BCUT2D eigenvalue weighted by molar-refractivity contribution is 5.96. The first kappa shape index (κ1) is 23.6. The summed E-state index contributed by atoms with van der Waals surface area (Å²) in [6, 6.07) is 8.30. The highest BCUT2D eigenvalue weighted by Crippen LogP contribution is 2.11. The van der Waals surface area contributed by atoms with Crippen LogP contribution >= 0.6 is 0 Å². The van der Waals surface area contributed by atoms with Crippen molar-refractivity contribution in [1.82, 2.24) is 15.7 Å². The quantitative estimate of drug-likeness (QED) is 0.234. The molecule has 1 aliphatic rings. The summed E-state index contributed by atoms with van der Waals surface area (Å²) >= 11 is 0. The number of hydroxylamine groups is 1. The number of anilines is 1. The summed E-state index contributed by atoms with van der Waals surface area (Å²) in [5.74, 6) is -0.751. The van der Waals surface area contributed by atoms with Crippen LogP contribution in [0.15, 0.2) is 30.3 Å². The van der Waals surface area contributed by atoms with Crippen LogP contribution in [0.5, 0.6) is 0 Å². The van der Waals surface area contributed by atoms with Crippen LogP contribution in [0.2, 0.25) is 0 Å². The van der Waals surface area contributed by atoms with Crippen LogP contribution in [0.4, 0.5) is 10.5 Å². The molecule has 1 aromatic carbocycles. The van der Waals surface area contributed by atoms with Crippen LogP contribution in [0.3, 0.4) is 0 Å². The Morgan fingerprint density at radius 2 is 1.80 bits per heavy atom. The molecule has 1 unspecified atom stereocenters. The lowest BCUT2D eigenvalue weighted by Crippen LogP contribution is -2.44. The second kappa shape index (κ2) is 13.6. The summed E-state index contributed by atoms with van der Waals surface area (Å²) < 4.78 is 5.26. The third-order valence-electron chi connectivity index (χ3n) is 5.01. The number of benzene rings is 1. The fourth-order valence-electron chi connectivity index (χ4n) is 3.34. The number of ether oxygens (including phenoxy) is 1. The highest BCUT2D eigenvalue weighted by Gasteiger charge is 2.22. The molecule has 1 heterocycles. The zero-order valence-electron chi connectivity index (χ0n) is 17.3. The molecule has 4 N–H and O–H groups in total. The smallest absolute Gasteiger partial charge is 0.407 e. The third kappa shape index (κ3) is 9.23. The van der Waals surface area contributed by atoms with E-state index in [1.165, 1.54) is 12.8 Å². The van der Waals surface area contributed by atoms with Gasteiger partial charge in [-0.15, -0.1) is 0 Å². The Bertz CT molecular complexity index is 665. The van der Waals surface area contributed by atoms with E-state index in [1.807, 2.05) is 18.2 Å². The largest absolute Gasteiger partial charge is 0.448 e. The minimum Gasteiger partial charge on any atom is -0.448 e. The van der Waals surface area contributed by atoms with Gasteiger partial charge in [0.15, 0.2) is 0 Å². The fourth-order valence-corrected chi connectivity index (χ4v) is 3.34. The van der Waals surface area contributed by atoms with Crippen molar-refractivity contribution in [1.29, 1.82) is 0 Å². The highest BCUT2D eigenvalue weighted by atomic mass is 16.5. The van der Waals surface area contributed by atoms with Gasteiger partial charge in [-0.25, -0.2) is 10.3 Å². The molecular formula is C21H32N4O5. The number of hydrogen-bond donors (Lipinski definition) is 4. The molecule has 0 saturated carbocycles. The molecule has 0 spiro atoms. The summed E-state index contributed by atoms with van der Waals surface area (Å²) in [5, 5.41) is 14.0. The number of hydrogen-bond acceptors (Lipinski definition) is 6. The molecule has 1 aromatic rings. The van der Waals surface area contributed by atoms with E-state index >= 15 is 0 Å². The van der Waals surface area contributed by atoms with Gasteiger partial charge < -0.3 is 15.4 Å². The Kier molecular flexibility index (Phi) is 10.7. The van der Waals surface area contributed by atoms with E-state index in [0.717, 1.165) is 13.1 Å². The van der Waals surface area contributed by atoms with E-state index < -0.39 is 18.0 Å². The number of alkyl carbamates (subject to hydrolysis) is 1. The number of likely N-dealkylation sites (tertiary alicyclic amines) is 1. The third-order valence-corrected chi connectivity index (χ3v) is 5.01. The number of nitrogens with zero attached hydrogens (tertiary/aromatic N) is 1. The van der Waals surface area contributed by atoms with Crippen molar-refractivity contribution < 1.29 is 24.3 Å². The predicted molar refractivity (Wildman–Crippen MR) is 112 cm³/mol. The molecule has 9 heteroatoms. The number of para-hydroxylation sites is 1. The van der Waals surface area contributed by atoms with Crippen LogP contribution < -0.4 is 16.1 Å². The molecule has 0 aromatic heterocycles. The summed E-state index contributed by atoms with van der Waals surface area (Å²) in [6.07, 6.45) is 4.28. The molecule has 166 valence electrons. The molecule has 0 aliphatic carbocycles. The summed E-state index contributed by atoms with van der Waals surface area (Å²) in [4.78, 5) is 38.2. The summed E-state index contributed by atoms with van der Waals surface area (Å²) in [7, 11) is 0. The molecule has 9 nitrogen and oxygen atoms in total. The van der Waals surface area contributed by atoms with Gasteiger partial charge in [0.2, 0.25) is 11.8 Å². The molecule has 0 bridgehead atoms. The Hall–Kier alpha value is -2.65. The second-order valence-corrected chi connectivity index (χ2v) is 7.37. The summed E-state index contributed by atoms with van der Waals surface area (Å²) in [6.45, 7) is 3.04. The van der Waals surface area contributed by atoms with Crippen molar-refractivity contribution in [3.63, 3.8) is 0 Å². The van der Waals surface area contributed by atoms with Crippen molar-refractivity contribution in [2.75, 3.05) is 31.6 Å². The molecule has 3 amide bonds. The van der Waals surface area contributed by atoms with Crippen LogP contribution in [0.1, 0.15) is 44.9 Å². The van der Waals surface area contributed by atoms with E-state index in [1.54, 1.807) is 17.6 Å². The predicted octanol–water partition coefficient (Wildman–Crippen LogP) is 2.27. The van der Waals surface area contributed by atoms with Gasteiger partial charge in [0.25, 0.3) is 0 Å². The number of amides is 3. The van der Waals surface area contributed by atoms with Crippen molar-refractivity contribution in [2.24, 2.45) is 0 Å². The topological polar surface area (TPSA) is 120 Å². The number of unbranched alkanes of at least 4 members (excludes halogenated alkanes) is 2. The molecule has 30 heavy (non-hydrogen) atoms. The van der Waals surface area contributed by atoms with Crippen LogP contribution in [-0.2, 0) is 14.3 Å². The average Bonchev–Trinajstić information content (AvgIpc) is 3.26. The van der Waals surface area contributed by atoms with Gasteiger partial charge in [0.05, 0.1) is 0 Å². The van der Waals surface area contributed by atoms with Crippen molar-refractivity contribution in [3.8, 4) is 0 Å². The molecule has 1 atom stereocenters. The lowest BCUT2D eigenvalue weighted by atomic mass is 10.1. The van der Waals surface area contributed by atoms with Gasteiger partial charge in [0.1, 0.15) is 12.6 Å². The van der Waals surface area contributed by atoms with Gasteiger partial charge >= 0.3 is 6.09 Å². The zero-order valence-corrected chi connectivity index (χ0v) is 17.3. The molecule has 1 saturated heterocycles. The van der Waals surface area contributed by atoms with Gasteiger partial charge in [-0.3, -0.25) is 19.7 Å². The minimum absolute atomic E-state index is 0.212. The maximum atomic E-state index is 12.7. The Morgan fingerprint density at radius 1 is 1.07 bits per heavy atom. The standard InChI is InChI=1S/C21H32N4O5/c26-19(24-29)12-6-2-5-11-18(20(27)22-17-9-3-1-4-10-17)23-21(28)30-16-15-25-13-7-8-14-25/h1,3-4,9-10,18,29H,2,5-8,11-16H2,(H,22,27)(H,23,28)(H,24,26). The minimum atomic E-state index is -0.740. The Morgan fingerprint density at radius 3 is 2.50 bits per heavy atom. The first-order valence-corrected chi connectivity index (χ1v) is 10.5.